The van der Waals surface area contributed by atoms with E-state index in [1.54, 1.807) is 0 Å². The molecule has 0 radical (unpaired) electrons. The molecule has 0 bridgehead atoms. The second-order valence-electron chi connectivity index (χ2n) is 8.69. The van der Waals surface area contributed by atoms with Crippen LogP contribution < -0.4 is 0 Å². The van der Waals surface area contributed by atoms with E-state index in [0.29, 0.717) is 5.71 Å². The van der Waals surface area contributed by atoms with Gasteiger partial charge < -0.3 is 4.42 Å². The number of fused-ring (bicyclic) bond motifs is 4. The zero-order valence-corrected chi connectivity index (χ0v) is 19.8. The summed E-state index contributed by atoms with van der Waals surface area (Å²) in [6, 6.07) is 33.7. The van der Waals surface area contributed by atoms with Crippen molar-refractivity contribution in [3.63, 3.8) is 0 Å². The fraction of sp³-hybridized carbons (Fsp3) is 0.0323. The van der Waals surface area contributed by atoms with Crippen LogP contribution in [-0.4, -0.2) is 9.97 Å². The summed E-state index contributed by atoms with van der Waals surface area (Å²) in [5.74, 6) is 0. The molecule has 0 spiro atoms. The average molecular weight is 469 g/mol. The van der Waals surface area contributed by atoms with Crippen molar-refractivity contribution in [3.05, 3.63) is 109 Å². The maximum absolute atomic E-state index is 6.25. The number of hydrogen-bond acceptors (Lipinski definition) is 4. The number of pyridine rings is 2. The molecular weight excluding hydrogens is 448 g/mol. The molecule has 7 rings (SSSR count). The fourth-order valence-electron chi connectivity index (χ4n) is 4.80. The van der Waals surface area contributed by atoms with E-state index < -0.39 is 0 Å². The molecule has 166 valence electrons. The van der Waals surface area contributed by atoms with Gasteiger partial charge in [-0.25, -0.2) is 4.98 Å². The Labute approximate surface area is 206 Å². The summed E-state index contributed by atoms with van der Waals surface area (Å²) in [7, 11) is 0. The molecule has 3 nitrogen and oxygen atoms in total. The molecule has 7 aromatic rings. The van der Waals surface area contributed by atoms with Crippen molar-refractivity contribution in [1.82, 2.24) is 9.97 Å². The summed E-state index contributed by atoms with van der Waals surface area (Å²) in [5, 5.41) is 3.26. The Bertz CT molecular complexity index is 1850. The van der Waals surface area contributed by atoms with E-state index in [1.165, 1.54) is 26.3 Å². The number of rotatable bonds is 3. The smallest absolute Gasteiger partial charge is 0.227 e. The van der Waals surface area contributed by atoms with E-state index in [9.17, 15) is 0 Å². The summed E-state index contributed by atoms with van der Waals surface area (Å²) in [5.41, 5.74) is 7.98. The molecule has 0 aliphatic rings. The second kappa shape index (κ2) is 7.90. The highest BCUT2D eigenvalue weighted by Gasteiger charge is 2.19. The van der Waals surface area contributed by atoms with Crippen LogP contribution in [0.15, 0.2) is 108 Å². The Morgan fingerprint density at radius 1 is 0.714 bits per heavy atom. The van der Waals surface area contributed by atoms with Crippen LogP contribution in [0.3, 0.4) is 0 Å². The quantitative estimate of drug-likeness (QED) is 0.260. The normalized spacial score (nSPS) is 11.6. The van der Waals surface area contributed by atoms with Crippen molar-refractivity contribution < 1.29 is 4.42 Å². The standard InChI is InChI=1S/C31H20N2OS/c1-19-15-16-23-22-13-8-14-24(29(22)34-31(23)33-19)26-17-27-25(18-32-26)28(20-9-4-2-5-10-20)30(35-27)21-11-6-3-7-12-21/h2-18H,1H3. The Balaban J connectivity index is 1.47. The Morgan fingerprint density at radius 3 is 2.29 bits per heavy atom. The van der Waals surface area contributed by atoms with Crippen LogP contribution in [0.1, 0.15) is 5.69 Å². The maximum Gasteiger partial charge on any atom is 0.227 e. The molecule has 0 atom stereocenters. The zero-order chi connectivity index (χ0) is 23.4. The molecule has 0 fully saturated rings. The van der Waals surface area contributed by atoms with Gasteiger partial charge in [-0.15, -0.1) is 11.3 Å². The molecule has 0 aliphatic heterocycles. The first kappa shape index (κ1) is 20.1. The molecule has 0 unspecified atom stereocenters. The number of para-hydroxylation sites is 1. The second-order valence-corrected chi connectivity index (χ2v) is 9.75. The van der Waals surface area contributed by atoms with E-state index >= 15 is 0 Å². The average Bonchev–Trinajstić information content (AvgIpc) is 3.47. The highest BCUT2D eigenvalue weighted by atomic mass is 32.1. The lowest BCUT2D eigenvalue weighted by Gasteiger charge is -2.06. The van der Waals surface area contributed by atoms with Crippen molar-refractivity contribution in [1.29, 1.82) is 0 Å². The van der Waals surface area contributed by atoms with Gasteiger partial charge in [-0.2, -0.15) is 0 Å². The lowest BCUT2D eigenvalue weighted by molar-refractivity contribution is 0.653. The zero-order valence-electron chi connectivity index (χ0n) is 19.0. The third kappa shape index (κ3) is 3.26. The lowest BCUT2D eigenvalue weighted by Crippen LogP contribution is -1.85. The first-order chi connectivity index (χ1) is 17.3. The minimum Gasteiger partial charge on any atom is -0.437 e. The molecule has 0 N–H and O–H groups in total. The number of nitrogens with zero attached hydrogens (tertiary/aromatic N) is 2. The van der Waals surface area contributed by atoms with Crippen LogP contribution in [0.5, 0.6) is 0 Å². The molecule has 35 heavy (non-hydrogen) atoms. The van der Waals surface area contributed by atoms with Crippen LogP contribution in [0.4, 0.5) is 0 Å². The fourth-order valence-corrected chi connectivity index (χ4v) is 6.04. The SMILES string of the molecule is Cc1ccc2c(n1)oc1c(-c3cc4sc(-c5ccccc5)c(-c5ccccc5)c4cn3)cccc12. The summed E-state index contributed by atoms with van der Waals surface area (Å²) in [4.78, 5) is 10.8. The van der Waals surface area contributed by atoms with Gasteiger partial charge in [0.1, 0.15) is 5.58 Å². The summed E-state index contributed by atoms with van der Waals surface area (Å²) >= 11 is 1.81. The van der Waals surface area contributed by atoms with Crippen molar-refractivity contribution in [2.75, 3.05) is 0 Å². The number of benzene rings is 3. The third-order valence-electron chi connectivity index (χ3n) is 6.45. The van der Waals surface area contributed by atoms with Crippen molar-refractivity contribution in [2.24, 2.45) is 0 Å². The molecule has 3 aromatic carbocycles. The van der Waals surface area contributed by atoms with E-state index in [0.717, 1.165) is 38.7 Å². The van der Waals surface area contributed by atoms with E-state index in [4.69, 9.17) is 9.40 Å². The van der Waals surface area contributed by atoms with E-state index in [2.05, 4.69) is 96.0 Å². The van der Waals surface area contributed by atoms with Crippen LogP contribution >= 0.6 is 11.3 Å². The Hall–Kier alpha value is -4.28. The largest absolute Gasteiger partial charge is 0.437 e. The van der Waals surface area contributed by atoms with Crippen LogP contribution in [-0.2, 0) is 0 Å². The molecule has 0 aliphatic carbocycles. The van der Waals surface area contributed by atoms with Gasteiger partial charge in [0, 0.05) is 48.8 Å². The number of aromatic nitrogens is 2. The number of aryl methyl sites for hydroxylation is 1. The van der Waals surface area contributed by atoms with E-state index in [1.807, 2.05) is 30.5 Å². The topological polar surface area (TPSA) is 38.9 Å². The van der Waals surface area contributed by atoms with Gasteiger partial charge >= 0.3 is 0 Å². The van der Waals surface area contributed by atoms with Crippen LogP contribution in [0.25, 0.3) is 65.0 Å². The molecule has 4 heterocycles. The Morgan fingerprint density at radius 2 is 1.49 bits per heavy atom. The highest BCUT2D eigenvalue weighted by molar-refractivity contribution is 7.23. The van der Waals surface area contributed by atoms with Gasteiger partial charge in [0.15, 0.2) is 0 Å². The van der Waals surface area contributed by atoms with Gasteiger partial charge in [-0.1, -0.05) is 72.8 Å². The Kier molecular flexibility index (Phi) is 4.54. The number of thiophene rings is 1. The van der Waals surface area contributed by atoms with Crippen molar-refractivity contribution in [2.45, 2.75) is 6.92 Å². The third-order valence-corrected chi connectivity index (χ3v) is 7.65. The first-order valence-electron chi connectivity index (χ1n) is 11.6. The molecule has 0 saturated heterocycles. The van der Waals surface area contributed by atoms with Crippen LogP contribution in [0.2, 0.25) is 0 Å². The highest BCUT2D eigenvalue weighted by Crippen LogP contribution is 2.45. The molecule has 4 heteroatoms. The van der Waals surface area contributed by atoms with Crippen molar-refractivity contribution in [3.8, 4) is 32.8 Å². The molecular formula is C31H20N2OS. The maximum atomic E-state index is 6.25. The monoisotopic (exact) mass is 468 g/mol. The first-order valence-corrected chi connectivity index (χ1v) is 12.4. The minimum absolute atomic E-state index is 0.669. The molecule has 0 amide bonds. The predicted molar refractivity (Wildman–Crippen MR) is 146 cm³/mol. The number of hydrogen-bond donors (Lipinski definition) is 0. The predicted octanol–water partition coefficient (Wildman–Crippen LogP) is 8.90. The number of furan rings is 1. The minimum atomic E-state index is 0.669. The van der Waals surface area contributed by atoms with Gasteiger partial charge in [0.2, 0.25) is 5.71 Å². The van der Waals surface area contributed by atoms with Gasteiger partial charge in [0.05, 0.1) is 5.69 Å². The van der Waals surface area contributed by atoms with Gasteiger partial charge in [-0.05, 0) is 42.3 Å². The summed E-state index contributed by atoms with van der Waals surface area (Å²) in [6.07, 6.45) is 2.01. The van der Waals surface area contributed by atoms with Crippen LogP contribution in [0, 0.1) is 6.92 Å². The molecule has 4 aromatic heterocycles. The lowest BCUT2D eigenvalue weighted by atomic mass is 9.99. The van der Waals surface area contributed by atoms with Crippen molar-refractivity contribution >= 4 is 43.5 Å². The van der Waals surface area contributed by atoms with Gasteiger partial charge in [0.25, 0.3) is 0 Å². The summed E-state index contributed by atoms with van der Waals surface area (Å²) < 4.78 is 7.45. The van der Waals surface area contributed by atoms with Gasteiger partial charge in [-0.3, -0.25) is 4.98 Å². The molecule has 0 saturated carbocycles. The van der Waals surface area contributed by atoms with E-state index in [-0.39, 0.29) is 0 Å². The summed E-state index contributed by atoms with van der Waals surface area (Å²) in [6.45, 7) is 1.98.